The van der Waals surface area contributed by atoms with Gasteiger partial charge >= 0.3 is 0 Å². The molecule has 0 aliphatic carbocycles. The molecule has 1 aromatic heterocycles. The lowest BCUT2D eigenvalue weighted by Gasteiger charge is -2.13. The summed E-state index contributed by atoms with van der Waals surface area (Å²) in [5.74, 6) is 1.32. The molecule has 1 heterocycles. The van der Waals surface area contributed by atoms with Crippen LogP contribution in [0.3, 0.4) is 0 Å². The van der Waals surface area contributed by atoms with Crippen LogP contribution in [0.5, 0.6) is 5.75 Å². The fourth-order valence-corrected chi connectivity index (χ4v) is 3.53. The Hall–Kier alpha value is -3.33. The summed E-state index contributed by atoms with van der Waals surface area (Å²) in [5, 5.41) is 10.7. The molecule has 0 amide bonds. The number of hydrogen-bond acceptors (Lipinski definition) is 5. The zero-order chi connectivity index (χ0) is 22.1. The highest BCUT2D eigenvalue weighted by Crippen LogP contribution is 2.15. The number of guanidine groups is 1. The average Bonchev–Trinajstić information content (AvgIpc) is 3.30. The normalized spacial score (nSPS) is 11.9. The lowest BCUT2D eigenvalue weighted by atomic mass is 10.1. The van der Waals surface area contributed by atoms with E-state index in [1.807, 2.05) is 16.9 Å². The van der Waals surface area contributed by atoms with Gasteiger partial charge in [-0.1, -0.05) is 12.1 Å². The summed E-state index contributed by atoms with van der Waals surface area (Å²) in [6, 6.07) is 16.6. The van der Waals surface area contributed by atoms with Crippen LogP contribution in [-0.4, -0.2) is 57.2 Å². The van der Waals surface area contributed by atoms with E-state index < -0.39 is 9.84 Å². The minimum absolute atomic E-state index is 0.276. The second kappa shape index (κ2) is 10.6. The van der Waals surface area contributed by atoms with Gasteiger partial charge in [0.15, 0.2) is 15.8 Å². The quantitative estimate of drug-likeness (QED) is 0.300. The van der Waals surface area contributed by atoms with Gasteiger partial charge in [-0.05, 0) is 54.4 Å². The first-order valence-electron chi connectivity index (χ1n) is 9.92. The number of nitrogens with one attached hydrogen (secondary N) is 2. The van der Waals surface area contributed by atoms with Gasteiger partial charge in [0, 0.05) is 32.2 Å². The fourth-order valence-electron chi connectivity index (χ4n) is 2.90. The molecule has 164 valence electrons. The first-order valence-corrected chi connectivity index (χ1v) is 11.8. The lowest BCUT2D eigenvalue weighted by molar-refractivity contribution is 0.321. The van der Waals surface area contributed by atoms with Crippen molar-refractivity contribution >= 4 is 15.8 Å². The van der Waals surface area contributed by atoms with Crippen molar-refractivity contribution in [3.8, 4) is 11.4 Å². The monoisotopic (exact) mass is 441 g/mol. The highest BCUT2D eigenvalue weighted by molar-refractivity contribution is 7.90. The number of rotatable bonds is 9. The van der Waals surface area contributed by atoms with E-state index in [0.717, 1.165) is 18.7 Å². The molecule has 0 spiro atoms. The Morgan fingerprint density at radius 1 is 1.06 bits per heavy atom. The fraction of sp³-hybridized carbons (Fsp3) is 0.273. The maximum absolute atomic E-state index is 11.5. The van der Waals surface area contributed by atoms with Crippen LogP contribution >= 0.6 is 0 Å². The van der Waals surface area contributed by atoms with Gasteiger partial charge in [-0.25, -0.2) is 13.1 Å². The van der Waals surface area contributed by atoms with E-state index in [1.54, 1.807) is 37.5 Å². The van der Waals surface area contributed by atoms with Crippen molar-refractivity contribution < 1.29 is 13.2 Å². The van der Waals surface area contributed by atoms with Gasteiger partial charge in [-0.2, -0.15) is 5.10 Å². The zero-order valence-electron chi connectivity index (χ0n) is 17.7. The van der Waals surface area contributed by atoms with Crippen molar-refractivity contribution in [2.24, 2.45) is 4.99 Å². The summed E-state index contributed by atoms with van der Waals surface area (Å²) >= 11 is 0. The van der Waals surface area contributed by atoms with Gasteiger partial charge in [0.1, 0.15) is 12.4 Å². The maximum Gasteiger partial charge on any atom is 0.191 e. The second-order valence-electron chi connectivity index (χ2n) is 6.88. The molecular weight excluding hydrogens is 414 g/mol. The first kappa shape index (κ1) is 22.4. The van der Waals surface area contributed by atoms with Crippen LogP contribution in [0.15, 0.2) is 76.9 Å². The molecule has 0 fully saturated rings. The van der Waals surface area contributed by atoms with Crippen molar-refractivity contribution in [2.75, 3.05) is 33.0 Å². The van der Waals surface area contributed by atoms with Gasteiger partial charge in [0.25, 0.3) is 0 Å². The molecule has 0 unspecified atom stereocenters. The van der Waals surface area contributed by atoms with E-state index in [1.165, 1.54) is 11.8 Å². The topological polar surface area (TPSA) is 97.6 Å². The van der Waals surface area contributed by atoms with Crippen molar-refractivity contribution in [3.63, 3.8) is 0 Å². The summed E-state index contributed by atoms with van der Waals surface area (Å²) in [4.78, 5) is 4.49. The average molecular weight is 442 g/mol. The second-order valence-corrected chi connectivity index (χ2v) is 8.90. The van der Waals surface area contributed by atoms with Crippen LogP contribution in [0.4, 0.5) is 0 Å². The number of benzene rings is 2. The number of sulfone groups is 1. The van der Waals surface area contributed by atoms with Crippen molar-refractivity contribution in [1.29, 1.82) is 0 Å². The molecule has 0 saturated heterocycles. The van der Waals surface area contributed by atoms with Crippen LogP contribution in [0, 0.1) is 0 Å². The van der Waals surface area contributed by atoms with E-state index in [0.29, 0.717) is 24.9 Å². The van der Waals surface area contributed by atoms with E-state index in [2.05, 4.69) is 45.0 Å². The number of aromatic nitrogens is 2. The van der Waals surface area contributed by atoms with Crippen LogP contribution < -0.4 is 15.4 Å². The third-order valence-electron chi connectivity index (χ3n) is 4.55. The molecule has 0 bridgehead atoms. The standard InChI is InChI=1S/C22H27N5O3S/c1-23-22(25-15-17-30-20-8-10-21(11-9-20)31(2,28)29)24-14-12-18-4-6-19(7-5-18)27-16-3-13-26-27/h3-11,13,16H,12,14-15,17H2,1-2H3,(H2,23,24,25). The molecule has 0 radical (unpaired) electrons. The Kier molecular flexibility index (Phi) is 7.66. The van der Waals surface area contributed by atoms with E-state index >= 15 is 0 Å². The molecule has 8 nitrogen and oxygen atoms in total. The molecule has 31 heavy (non-hydrogen) atoms. The van der Waals surface area contributed by atoms with E-state index in [9.17, 15) is 8.42 Å². The highest BCUT2D eigenvalue weighted by Gasteiger charge is 2.06. The lowest BCUT2D eigenvalue weighted by Crippen LogP contribution is -2.40. The summed E-state index contributed by atoms with van der Waals surface area (Å²) in [5.41, 5.74) is 2.25. The Bertz CT molecular complexity index is 1080. The molecule has 2 aromatic carbocycles. The molecule has 3 aromatic rings. The van der Waals surface area contributed by atoms with Crippen LogP contribution in [0.1, 0.15) is 5.56 Å². The van der Waals surface area contributed by atoms with Crippen molar-refractivity contribution in [3.05, 3.63) is 72.6 Å². The van der Waals surface area contributed by atoms with Gasteiger partial charge in [-0.15, -0.1) is 0 Å². The van der Waals surface area contributed by atoms with Gasteiger partial charge in [0.2, 0.25) is 0 Å². The van der Waals surface area contributed by atoms with Gasteiger partial charge < -0.3 is 15.4 Å². The minimum atomic E-state index is -3.20. The van der Waals surface area contributed by atoms with Gasteiger partial charge in [-0.3, -0.25) is 4.99 Å². The van der Waals surface area contributed by atoms with Crippen LogP contribution in [0.25, 0.3) is 5.69 Å². The van der Waals surface area contributed by atoms with Crippen LogP contribution in [0.2, 0.25) is 0 Å². The molecule has 0 saturated carbocycles. The van der Waals surface area contributed by atoms with Crippen molar-refractivity contribution in [2.45, 2.75) is 11.3 Å². The summed E-state index contributed by atoms with van der Waals surface area (Å²) in [6.07, 6.45) is 5.72. The number of ether oxygens (including phenoxy) is 1. The SMILES string of the molecule is CN=C(NCCOc1ccc(S(C)(=O)=O)cc1)NCCc1ccc(-n2cccn2)cc1. The van der Waals surface area contributed by atoms with E-state index in [4.69, 9.17) is 4.74 Å². The number of nitrogens with zero attached hydrogens (tertiary/aromatic N) is 3. The molecule has 0 atom stereocenters. The Morgan fingerprint density at radius 3 is 2.39 bits per heavy atom. The Balaban J connectivity index is 1.36. The van der Waals surface area contributed by atoms with E-state index in [-0.39, 0.29) is 4.90 Å². The molecule has 3 rings (SSSR count). The maximum atomic E-state index is 11.5. The predicted molar refractivity (Wildman–Crippen MR) is 122 cm³/mol. The summed E-state index contributed by atoms with van der Waals surface area (Å²) in [6.45, 7) is 1.73. The molecule has 2 N–H and O–H groups in total. The smallest absolute Gasteiger partial charge is 0.191 e. The highest BCUT2D eigenvalue weighted by atomic mass is 32.2. The zero-order valence-corrected chi connectivity index (χ0v) is 18.5. The van der Waals surface area contributed by atoms with Crippen LogP contribution in [-0.2, 0) is 16.3 Å². The third kappa shape index (κ3) is 6.85. The first-order chi connectivity index (χ1) is 15.0. The Morgan fingerprint density at radius 2 is 1.77 bits per heavy atom. The number of aliphatic imine (C=N–C) groups is 1. The number of hydrogen-bond donors (Lipinski definition) is 2. The largest absolute Gasteiger partial charge is 0.492 e. The Labute approximate surface area is 182 Å². The molecular formula is C22H27N5O3S. The minimum Gasteiger partial charge on any atom is -0.492 e. The third-order valence-corrected chi connectivity index (χ3v) is 5.68. The van der Waals surface area contributed by atoms with Gasteiger partial charge in [0.05, 0.1) is 17.1 Å². The molecule has 0 aliphatic heterocycles. The summed E-state index contributed by atoms with van der Waals surface area (Å²) < 4.78 is 30.4. The predicted octanol–water partition coefficient (Wildman–Crippen LogP) is 2.06. The van der Waals surface area contributed by atoms with Crippen molar-refractivity contribution in [1.82, 2.24) is 20.4 Å². The molecule has 0 aliphatic rings. The summed E-state index contributed by atoms with van der Waals surface area (Å²) in [7, 11) is -1.48. The molecule has 9 heteroatoms.